The molecule has 150 valence electrons. The molecule has 0 saturated carbocycles. The molecule has 0 N–H and O–H groups in total. The smallest absolute Gasteiger partial charge is 0.313 e. The lowest BCUT2D eigenvalue weighted by Crippen LogP contribution is -2.05. The van der Waals surface area contributed by atoms with E-state index in [4.69, 9.17) is 13.9 Å². The van der Waals surface area contributed by atoms with Gasteiger partial charge in [0.25, 0.3) is 0 Å². The maximum absolute atomic E-state index is 11.9. The lowest BCUT2D eigenvalue weighted by atomic mass is 9.98. The second-order valence-corrected chi connectivity index (χ2v) is 6.81. The van der Waals surface area contributed by atoms with Crippen LogP contribution in [0.1, 0.15) is 18.9 Å². The van der Waals surface area contributed by atoms with Gasteiger partial charge in [0.1, 0.15) is 18.6 Å². The summed E-state index contributed by atoms with van der Waals surface area (Å²) in [6.07, 6.45) is 1.89. The molecule has 0 bridgehead atoms. The first-order valence-corrected chi connectivity index (χ1v) is 9.89. The van der Waals surface area contributed by atoms with Gasteiger partial charge in [0.15, 0.2) is 0 Å². The fraction of sp³-hybridized carbons (Fsp3) is 0.115. The average Bonchev–Trinajstić information content (AvgIpc) is 3.22. The number of benzene rings is 3. The van der Waals surface area contributed by atoms with Crippen LogP contribution in [-0.4, -0.2) is 5.97 Å². The van der Waals surface area contributed by atoms with Crippen LogP contribution < -0.4 is 9.47 Å². The standard InChI is InChI=1S/C26H22O4/c1-2-24(27)30-26-25(20-12-7-4-8-13-20)23(18-29-26)21-14-9-15-22(16-21)28-17-19-10-5-3-6-11-19/h3-16,18H,2,17H2,1H3. The van der Waals surface area contributed by atoms with Crippen LogP contribution in [0.25, 0.3) is 22.3 Å². The molecule has 4 rings (SSSR count). The number of ether oxygens (including phenoxy) is 2. The van der Waals surface area contributed by atoms with E-state index >= 15 is 0 Å². The summed E-state index contributed by atoms with van der Waals surface area (Å²) < 4.78 is 17.1. The number of esters is 1. The van der Waals surface area contributed by atoms with Gasteiger partial charge in [-0.3, -0.25) is 4.79 Å². The van der Waals surface area contributed by atoms with E-state index in [1.165, 1.54) is 0 Å². The lowest BCUT2D eigenvalue weighted by molar-refractivity contribution is -0.135. The Morgan fingerprint density at radius 1 is 0.867 bits per heavy atom. The Morgan fingerprint density at radius 2 is 1.57 bits per heavy atom. The Hall–Kier alpha value is -3.79. The van der Waals surface area contributed by atoms with Gasteiger partial charge in [-0.2, -0.15) is 0 Å². The molecule has 0 aliphatic rings. The van der Waals surface area contributed by atoms with E-state index < -0.39 is 0 Å². The van der Waals surface area contributed by atoms with E-state index in [9.17, 15) is 4.79 Å². The Balaban J connectivity index is 1.67. The van der Waals surface area contributed by atoms with Crippen molar-refractivity contribution in [3.05, 3.63) is 96.8 Å². The first-order chi connectivity index (χ1) is 14.7. The molecular weight excluding hydrogens is 376 g/mol. The van der Waals surface area contributed by atoms with E-state index in [0.717, 1.165) is 33.6 Å². The topological polar surface area (TPSA) is 48.7 Å². The Labute approximate surface area is 175 Å². The third-order valence-corrected chi connectivity index (χ3v) is 4.71. The van der Waals surface area contributed by atoms with Crippen molar-refractivity contribution >= 4 is 5.97 Å². The molecule has 0 atom stereocenters. The zero-order valence-electron chi connectivity index (χ0n) is 16.7. The fourth-order valence-electron chi connectivity index (χ4n) is 3.18. The third-order valence-electron chi connectivity index (χ3n) is 4.71. The number of carbonyl (C=O) groups excluding carboxylic acids is 1. The summed E-state index contributed by atoms with van der Waals surface area (Å²) in [6.45, 7) is 2.24. The van der Waals surface area contributed by atoms with Crippen molar-refractivity contribution in [2.24, 2.45) is 0 Å². The van der Waals surface area contributed by atoms with Gasteiger partial charge in [-0.05, 0) is 28.8 Å². The van der Waals surface area contributed by atoms with Gasteiger partial charge >= 0.3 is 11.9 Å². The van der Waals surface area contributed by atoms with Gasteiger partial charge in [-0.1, -0.05) is 79.7 Å². The van der Waals surface area contributed by atoms with Crippen molar-refractivity contribution in [1.29, 1.82) is 0 Å². The van der Waals surface area contributed by atoms with Crippen LogP contribution in [0.3, 0.4) is 0 Å². The van der Waals surface area contributed by atoms with Crippen LogP contribution in [0.15, 0.2) is 95.6 Å². The molecule has 4 aromatic rings. The predicted molar refractivity (Wildman–Crippen MR) is 116 cm³/mol. The lowest BCUT2D eigenvalue weighted by Gasteiger charge is -2.09. The largest absolute Gasteiger partial charge is 0.489 e. The molecule has 0 aliphatic carbocycles. The van der Waals surface area contributed by atoms with Crippen molar-refractivity contribution in [3.63, 3.8) is 0 Å². The maximum Gasteiger partial charge on any atom is 0.313 e. The van der Waals surface area contributed by atoms with Crippen molar-refractivity contribution in [1.82, 2.24) is 0 Å². The van der Waals surface area contributed by atoms with Crippen LogP contribution in [0.5, 0.6) is 11.7 Å². The summed E-state index contributed by atoms with van der Waals surface area (Å²) >= 11 is 0. The molecular formula is C26H22O4. The van der Waals surface area contributed by atoms with E-state index in [-0.39, 0.29) is 18.3 Å². The number of hydrogen-bond donors (Lipinski definition) is 0. The number of furan rings is 1. The first-order valence-electron chi connectivity index (χ1n) is 9.89. The minimum Gasteiger partial charge on any atom is -0.489 e. The van der Waals surface area contributed by atoms with E-state index in [1.54, 1.807) is 13.2 Å². The van der Waals surface area contributed by atoms with E-state index in [0.29, 0.717) is 6.61 Å². The second-order valence-electron chi connectivity index (χ2n) is 6.81. The summed E-state index contributed by atoms with van der Waals surface area (Å²) in [5.41, 5.74) is 4.52. The van der Waals surface area contributed by atoms with Crippen molar-refractivity contribution in [2.75, 3.05) is 0 Å². The number of hydrogen-bond acceptors (Lipinski definition) is 4. The van der Waals surface area contributed by atoms with Crippen LogP contribution in [0, 0.1) is 0 Å². The van der Waals surface area contributed by atoms with E-state index in [2.05, 4.69) is 0 Å². The molecule has 4 nitrogen and oxygen atoms in total. The second kappa shape index (κ2) is 9.14. The highest BCUT2D eigenvalue weighted by Gasteiger charge is 2.20. The van der Waals surface area contributed by atoms with Crippen molar-refractivity contribution in [2.45, 2.75) is 20.0 Å². The highest BCUT2D eigenvalue weighted by molar-refractivity contribution is 5.88. The van der Waals surface area contributed by atoms with Gasteiger partial charge in [0, 0.05) is 12.0 Å². The zero-order valence-corrected chi connectivity index (χ0v) is 16.7. The van der Waals surface area contributed by atoms with Gasteiger partial charge < -0.3 is 13.9 Å². The Morgan fingerprint density at radius 3 is 2.30 bits per heavy atom. The average molecular weight is 398 g/mol. The highest BCUT2D eigenvalue weighted by atomic mass is 16.6. The molecule has 0 radical (unpaired) electrons. The third kappa shape index (κ3) is 4.44. The molecule has 3 aromatic carbocycles. The Bertz CT molecular complexity index is 1110. The zero-order chi connectivity index (χ0) is 20.8. The molecule has 0 aliphatic heterocycles. The van der Waals surface area contributed by atoms with Crippen LogP contribution in [0.4, 0.5) is 0 Å². The molecule has 0 saturated heterocycles. The van der Waals surface area contributed by atoms with Gasteiger partial charge in [0.05, 0.1) is 5.56 Å². The minimum absolute atomic E-state index is 0.207. The Kier molecular flexibility index (Phi) is 5.95. The highest BCUT2D eigenvalue weighted by Crippen LogP contribution is 2.42. The van der Waals surface area contributed by atoms with Crippen LogP contribution >= 0.6 is 0 Å². The molecule has 1 heterocycles. The maximum atomic E-state index is 11.9. The quantitative estimate of drug-likeness (QED) is 0.333. The number of rotatable bonds is 7. The monoisotopic (exact) mass is 398 g/mol. The van der Waals surface area contributed by atoms with Gasteiger partial charge in [-0.15, -0.1) is 0 Å². The summed E-state index contributed by atoms with van der Waals surface area (Å²) in [7, 11) is 0. The molecule has 0 unspecified atom stereocenters. The molecule has 0 amide bonds. The predicted octanol–water partition coefficient (Wildman–Crippen LogP) is 6.51. The summed E-state index contributed by atoms with van der Waals surface area (Å²) in [5.74, 6) is 0.621. The van der Waals surface area contributed by atoms with Gasteiger partial charge in [-0.25, -0.2) is 0 Å². The summed E-state index contributed by atoms with van der Waals surface area (Å²) in [4.78, 5) is 11.9. The molecule has 1 aromatic heterocycles. The number of carbonyl (C=O) groups is 1. The minimum atomic E-state index is -0.340. The summed E-state index contributed by atoms with van der Waals surface area (Å²) in [6, 6.07) is 27.6. The molecule has 4 heteroatoms. The molecule has 0 fully saturated rings. The summed E-state index contributed by atoms with van der Waals surface area (Å²) in [5, 5.41) is 0. The van der Waals surface area contributed by atoms with Crippen LogP contribution in [-0.2, 0) is 11.4 Å². The van der Waals surface area contributed by atoms with Crippen molar-refractivity contribution in [3.8, 4) is 33.9 Å². The normalized spacial score (nSPS) is 10.6. The van der Waals surface area contributed by atoms with Crippen LogP contribution in [0.2, 0.25) is 0 Å². The SMILES string of the molecule is CCC(=O)Oc1occ(-c2cccc(OCc3ccccc3)c2)c1-c1ccccc1. The van der Waals surface area contributed by atoms with Gasteiger partial charge in [0.2, 0.25) is 0 Å². The van der Waals surface area contributed by atoms with E-state index in [1.807, 2.05) is 84.9 Å². The molecule has 30 heavy (non-hydrogen) atoms. The molecule has 0 spiro atoms. The first kappa shape index (κ1) is 19.5. The van der Waals surface area contributed by atoms with Crippen molar-refractivity contribution < 1.29 is 18.7 Å². The fourth-order valence-corrected chi connectivity index (χ4v) is 3.18.